The molecule has 0 amide bonds. The maximum atomic E-state index is 13.0. The van der Waals surface area contributed by atoms with Gasteiger partial charge in [-0.15, -0.1) is 0 Å². The van der Waals surface area contributed by atoms with Crippen LogP contribution in [0.3, 0.4) is 0 Å². The Morgan fingerprint density at radius 3 is 0.856 bits per heavy atom. The molecule has 90 heavy (non-hydrogen) atoms. The largest absolute Gasteiger partial charge is 0.463 e. The Hall–Kier alpha value is -1.44. The minimum absolute atomic E-state index is 0.0153. The predicted octanol–water partition coefficient (Wildman–Crippen LogP) is 26.7. The van der Waals surface area contributed by atoms with Crippen molar-refractivity contribution in [3.63, 3.8) is 0 Å². The van der Waals surface area contributed by atoms with Crippen molar-refractivity contribution >= 4 is 11.9 Å². The molecule has 0 aromatic carbocycles. The number of aliphatic hydroxyl groups excluding tert-OH is 3. The lowest BCUT2D eigenvalue weighted by molar-refractivity contribution is -0.157. The Labute approximate surface area is 563 Å². The summed E-state index contributed by atoms with van der Waals surface area (Å²) < 4.78 is 11.1. The number of hydrogen-bond donors (Lipinski definition) is 3. The van der Waals surface area contributed by atoms with E-state index in [4.69, 9.17) is 9.47 Å². The third-order valence-electron chi connectivity index (χ3n) is 19.9. The molecule has 0 saturated heterocycles. The van der Waals surface area contributed by atoms with E-state index < -0.39 is 30.7 Å². The molecule has 0 aliphatic rings. The summed E-state index contributed by atoms with van der Waals surface area (Å²) in [4.78, 5) is 25.3. The zero-order valence-electron chi connectivity index (χ0n) is 61.4. The molecule has 4 unspecified atom stereocenters. The summed E-state index contributed by atoms with van der Waals surface area (Å²) in [5.74, 6) is -0.966. The van der Waals surface area contributed by atoms with Crippen LogP contribution in [-0.2, 0) is 19.1 Å². The van der Waals surface area contributed by atoms with E-state index in [0.717, 1.165) is 44.9 Å². The Balaban J connectivity index is 3.62. The Kier molecular flexibility index (Phi) is 75.4. The molecule has 0 fully saturated rings. The first-order chi connectivity index (χ1) is 44.3. The summed E-state index contributed by atoms with van der Waals surface area (Å²) in [6.07, 6.45) is 94.1. The van der Waals surface area contributed by atoms with Crippen LogP contribution < -0.4 is 0 Å². The van der Waals surface area contributed by atoms with Crippen molar-refractivity contribution in [2.24, 2.45) is 5.92 Å². The quantitative estimate of drug-likeness (QED) is 0.0316. The maximum absolute atomic E-state index is 13.0. The number of rotatable bonds is 78. The zero-order valence-corrected chi connectivity index (χ0v) is 61.4. The summed E-state index contributed by atoms with van der Waals surface area (Å²) in [7, 11) is 0. The van der Waals surface area contributed by atoms with Crippen LogP contribution in [0.25, 0.3) is 0 Å². The van der Waals surface area contributed by atoms with Gasteiger partial charge in [0.15, 0.2) is 0 Å². The van der Waals surface area contributed by atoms with Crippen molar-refractivity contribution in [1.82, 2.24) is 0 Å². The molecule has 0 radical (unpaired) electrons. The van der Waals surface area contributed by atoms with Gasteiger partial charge in [-0.2, -0.15) is 0 Å². The number of unbranched alkanes of at least 4 members (excludes halogenated alkanes) is 62. The van der Waals surface area contributed by atoms with E-state index in [1.165, 1.54) is 385 Å². The van der Waals surface area contributed by atoms with Gasteiger partial charge in [0.25, 0.3) is 0 Å². The second kappa shape index (κ2) is 76.6. The highest BCUT2D eigenvalue weighted by molar-refractivity contribution is 5.73. The molecule has 0 bridgehead atoms. The summed E-state index contributed by atoms with van der Waals surface area (Å²) in [5.41, 5.74) is 0. The van der Waals surface area contributed by atoms with Gasteiger partial charge >= 0.3 is 11.9 Å². The van der Waals surface area contributed by atoms with Gasteiger partial charge in [-0.05, 0) is 64.7 Å². The molecule has 0 aliphatic heterocycles. The van der Waals surface area contributed by atoms with Gasteiger partial charge in [0, 0.05) is 6.42 Å². The molecular formula is C83H162O7. The standard InChI is InChI=1S/C83H162O7/c1-4-6-8-10-12-14-16-18-20-22-23-24-32-35-38-41-45-49-53-57-61-65-69-73-80(83(88)89-77-79(85)76-84)81(86)74-70-66-62-58-54-50-46-42-39-36-33-30-28-26-25-27-29-31-34-37-40-43-47-51-55-59-63-67-71-75-82(87)90-78(3)72-68-64-60-56-52-48-44-21-19-17-15-13-11-9-7-5-2/h29,31,78-81,84-86H,4-28,30,32-77H2,1-3H3/b31-29+. The number of aliphatic hydroxyl groups is 3. The van der Waals surface area contributed by atoms with Crippen LogP contribution in [0.15, 0.2) is 12.2 Å². The van der Waals surface area contributed by atoms with E-state index in [9.17, 15) is 24.9 Å². The number of hydrogen-bond acceptors (Lipinski definition) is 7. The Morgan fingerprint density at radius 2 is 0.567 bits per heavy atom. The average molecular weight is 1270 g/mol. The van der Waals surface area contributed by atoms with Crippen molar-refractivity contribution in [3.8, 4) is 0 Å². The number of carbonyl (C=O) groups is 2. The second-order valence-corrected chi connectivity index (χ2v) is 29.0. The fourth-order valence-corrected chi connectivity index (χ4v) is 13.6. The predicted molar refractivity (Wildman–Crippen MR) is 393 cm³/mol. The van der Waals surface area contributed by atoms with E-state index in [1.807, 2.05) is 0 Å². The molecule has 0 spiro atoms. The third kappa shape index (κ3) is 70.9. The van der Waals surface area contributed by atoms with Crippen LogP contribution in [0.5, 0.6) is 0 Å². The molecule has 0 heterocycles. The Bertz CT molecular complexity index is 1400. The Morgan fingerprint density at radius 1 is 0.322 bits per heavy atom. The summed E-state index contributed by atoms with van der Waals surface area (Å²) in [6.45, 7) is 6.02. The van der Waals surface area contributed by atoms with Gasteiger partial charge in [-0.1, -0.05) is 411 Å². The van der Waals surface area contributed by atoms with Crippen molar-refractivity contribution < 1.29 is 34.4 Å². The fourth-order valence-electron chi connectivity index (χ4n) is 13.6. The van der Waals surface area contributed by atoms with Gasteiger partial charge in [-0.3, -0.25) is 9.59 Å². The van der Waals surface area contributed by atoms with Gasteiger partial charge in [-0.25, -0.2) is 0 Å². The van der Waals surface area contributed by atoms with E-state index in [1.54, 1.807) is 0 Å². The van der Waals surface area contributed by atoms with E-state index in [2.05, 4.69) is 32.9 Å². The van der Waals surface area contributed by atoms with E-state index in [-0.39, 0.29) is 18.7 Å². The van der Waals surface area contributed by atoms with Crippen molar-refractivity contribution in [2.75, 3.05) is 13.2 Å². The van der Waals surface area contributed by atoms with E-state index >= 15 is 0 Å². The molecule has 0 aromatic rings. The zero-order chi connectivity index (χ0) is 65.2. The van der Waals surface area contributed by atoms with Gasteiger partial charge in [0.1, 0.15) is 12.7 Å². The smallest absolute Gasteiger partial charge is 0.311 e. The molecule has 4 atom stereocenters. The fraction of sp³-hybridized carbons (Fsp3) is 0.952. The van der Waals surface area contributed by atoms with Gasteiger partial charge < -0.3 is 24.8 Å². The number of esters is 2. The topological polar surface area (TPSA) is 113 Å². The van der Waals surface area contributed by atoms with Gasteiger partial charge in [0.05, 0.1) is 24.7 Å². The van der Waals surface area contributed by atoms with E-state index in [0.29, 0.717) is 19.3 Å². The van der Waals surface area contributed by atoms with Crippen LogP contribution in [0.2, 0.25) is 0 Å². The highest BCUT2D eigenvalue weighted by atomic mass is 16.5. The molecule has 7 nitrogen and oxygen atoms in total. The first-order valence-corrected chi connectivity index (χ1v) is 41.3. The molecule has 0 rings (SSSR count). The SMILES string of the molecule is CCCCCCCCCCCCCCCCCCCCCCCCCC(C(=O)OCC(O)CO)C(O)CCCCCCCCCCCCCCCCC/C=C/CCCCCCCCCCCCC(=O)OC(C)CCCCCCCCCCCCCCCCCC. The van der Waals surface area contributed by atoms with Crippen molar-refractivity contribution in [1.29, 1.82) is 0 Å². The average Bonchev–Trinajstić information content (AvgIpc) is 3.70. The van der Waals surface area contributed by atoms with Crippen LogP contribution in [-0.4, -0.2) is 58.8 Å². The monoisotopic (exact) mass is 1270 g/mol. The minimum atomic E-state index is -1.07. The van der Waals surface area contributed by atoms with Crippen LogP contribution in [0.1, 0.15) is 470 Å². The molecule has 0 aromatic heterocycles. The number of ether oxygens (including phenoxy) is 2. The van der Waals surface area contributed by atoms with Crippen LogP contribution in [0, 0.1) is 5.92 Å². The highest BCUT2D eigenvalue weighted by Crippen LogP contribution is 2.24. The van der Waals surface area contributed by atoms with Crippen molar-refractivity contribution in [2.45, 2.75) is 489 Å². The number of carbonyl (C=O) groups excluding carboxylic acids is 2. The second-order valence-electron chi connectivity index (χ2n) is 29.0. The molecular weight excluding hydrogens is 1110 g/mol. The number of allylic oxidation sites excluding steroid dienone is 2. The normalized spacial score (nSPS) is 13.2. The molecule has 536 valence electrons. The molecule has 0 aliphatic carbocycles. The van der Waals surface area contributed by atoms with Gasteiger partial charge in [0.2, 0.25) is 0 Å². The lowest BCUT2D eigenvalue weighted by Gasteiger charge is -2.22. The molecule has 0 saturated carbocycles. The summed E-state index contributed by atoms with van der Waals surface area (Å²) in [6, 6.07) is 0. The third-order valence-corrected chi connectivity index (χ3v) is 19.9. The maximum Gasteiger partial charge on any atom is 0.311 e. The van der Waals surface area contributed by atoms with Crippen LogP contribution >= 0.6 is 0 Å². The minimum Gasteiger partial charge on any atom is -0.463 e. The van der Waals surface area contributed by atoms with Crippen molar-refractivity contribution in [3.05, 3.63) is 12.2 Å². The lowest BCUT2D eigenvalue weighted by atomic mass is 9.91. The first kappa shape index (κ1) is 88.6. The molecule has 3 N–H and O–H groups in total. The summed E-state index contributed by atoms with van der Waals surface area (Å²) in [5, 5.41) is 30.1. The first-order valence-electron chi connectivity index (χ1n) is 41.3. The van der Waals surface area contributed by atoms with Crippen LogP contribution in [0.4, 0.5) is 0 Å². The lowest BCUT2D eigenvalue weighted by Crippen LogP contribution is -2.32. The summed E-state index contributed by atoms with van der Waals surface area (Å²) >= 11 is 0. The molecule has 7 heteroatoms. The highest BCUT2D eigenvalue weighted by Gasteiger charge is 2.28.